The van der Waals surface area contributed by atoms with Crippen LogP contribution in [0, 0.1) is 6.92 Å². The average Bonchev–Trinajstić information content (AvgIpc) is 2.19. The molecule has 66 valence electrons. The number of aryl methyl sites for hydroxylation is 1. The molecule has 0 fully saturated rings. The van der Waals surface area contributed by atoms with Crippen LogP contribution in [-0.4, -0.2) is 4.98 Å². The van der Waals surface area contributed by atoms with Gasteiger partial charge >= 0.3 is 0 Å². The van der Waals surface area contributed by atoms with E-state index in [1.807, 2.05) is 12.3 Å². The quantitative estimate of drug-likeness (QED) is 0.680. The number of nitrogens with zero attached hydrogens (tertiary/aromatic N) is 1. The lowest BCUT2D eigenvalue weighted by Crippen LogP contribution is -1.88. The van der Waals surface area contributed by atoms with Gasteiger partial charge in [-0.15, -0.1) is 0 Å². The van der Waals surface area contributed by atoms with Crippen LogP contribution in [0.2, 0.25) is 0 Å². The van der Waals surface area contributed by atoms with Crippen LogP contribution in [0.25, 0.3) is 10.9 Å². The molecule has 0 saturated carbocycles. The molecule has 2 rings (SSSR count). The van der Waals surface area contributed by atoms with Crippen LogP contribution >= 0.6 is 12.6 Å². The van der Waals surface area contributed by atoms with Gasteiger partial charge in [0.2, 0.25) is 0 Å². The normalized spacial score (nSPS) is 10.6. The van der Waals surface area contributed by atoms with E-state index >= 15 is 0 Å². The molecule has 0 bridgehead atoms. The largest absolute Gasteiger partial charge is 0.256 e. The van der Waals surface area contributed by atoms with Crippen molar-refractivity contribution in [1.82, 2.24) is 4.98 Å². The first-order valence-corrected chi connectivity index (χ1v) is 4.90. The van der Waals surface area contributed by atoms with Gasteiger partial charge in [0.15, 0.2) is 0 Å². The fraction of sp³-hybridized carbons (Fsp3) is 0.182. The Labute approximate surface area is 83.2 Å². The van der Waals surface area contributed by atoms with E-state index < -0.39 is 0 Å². The predicted molar refractivity (Wildman–Crippen MR) is 59.2 cm³/mol. The second-order valence-electron chi connectivity index (χ2n) is 3.08. The van der Waals surface area contributed by atoms with Gasteiger partial charge in [-0.3, -0.25) is 4.98 Å². The smallest absolute Gasteiger partial charge is 0.0734 e. The standard InChI is InChI=1S/C11H11NS/c1-8-10(7-13)5-4-9-3-2-6-12-11(8)9/h2-6,13H,7H2,1H3. The van der Waals surface area contributed by atoms with Crippen LogP contribution < -0.4 is 0 Å². The highest BCUT2D eigenvalue weighted by Crippen LogP contribution is 2.20. The Hall–Kier alpha value is -1.02. The summed E-state index contributed by atoms with van der Waals surface area (Å²) in [5.74, 6) is 0.776. The molecule has 0 atom stereocenters. The number of hydrogen-bond acceptors (Lipinski definition) is 2. The number of aromatic nitrogens is 1. The summed E-state index contributed by atoms with van der Waals surface area (Å²) in [7, 11) is 0. The second-order valence-corrected chi connectivity index (χ2v) is 3.40. The van der Waals surface area contributed by atoms with E-state index in [2.05, 4.69) is 42.7 Å². The number of rotatable bonds is 1. The fourth-order valence-electron chi connectivity index (χ4n) is 1.50. The number of fused-ring (bicyclic) bond motifs is 1. The lowest BCUT2D eigenvalue weighted by molar-refractivity contribution is 1.30. The van der Waals surface area contributed by atoms with E-state index in [-0.39, 0.29) is 0 Å². The SMILES string of the molecule is Cc1c(CS)ccc2cccnc12. The van der Waals surface area contributed by atoms with E-state index in [0.29, 0.717) is 0 Å². The molecule has 2 aromatic rings. The number of pyridine rings is 1. The summed E-state index contributed by atoms with van der Waals surface area (Å²) in [5, 5.41) is 1.20. The van der Waals surface area contributed by atoms with Gasteiger partial charge in [0, 0.05) is 17.3 Å². The summed E-state index contributed by atoms with van der Waals surface area (Å²) in [6.45, 7) is 2.10. The van der Waals surface area contributed by atoms with Gasteiger partial charge in [-0.05, 0) is 24.1 Å². The van der Waals surface area contributed by atoms with Gasteiger partial charge < -0.3 is 0 Å². The lowest BCUT2D eigenvalue weighted by atomic mass is 10.1. The highest BCUT2D eigenvalue weighted by molar-refractivity contribution is 7.79. The number of thiol groups is 1. The maximum Gasteiger partial charge on any atom is 0.0734 e. The Bertz CT molecular complexity index is 437. The van der Waals surface area contributed by atoms with Crippen LogP contribution in [0.1, 0.15) is 11.1 Å². The highest BCUT2D eigenvalue weighted by Gasteiger charge is 2.01. The molecular formula is C11H11NS. The topological polar surface area (TPSA) is 12.9 Å². The maximum absolute atomic E-state index is 4.36. The molecule has 0 spiro atoms. The monoisotopic (exact) mass is 189 g/mol. The molecule has 1 heterocycles. The predicted octanol–water partition coefficient (Wildman–Crippen LogP) is 2.97. The Morgan fingerprint density at radius 3 is 2.92 bits per heavy atom. The van der Waals surface area contributed by atoms with Crippen molar-refractivity contribution in [3.05, 3.63) is 41.6 Å². The first kappa shape index (κ1) is 8.57. The molecule has 0 saturated heterocycles. The van der Waals surface area contributed by atoms with E-state index in [4.69, 9.17) is 0 Å². The second kappa shape index (κ2) is 3.38. The van der Waals surface area contributed by atoms with E-state index in [0.717, 1.165) is 11.3 Å². The molecule has 0 N–H and O–H groups in total. The van der Waals surface area contributed by atoms with Crippen molar-refractivity contribution >= 4 is 23.5 Å². The minimum absolute atomic E-state index is 0.776. The van der Waals surface area contributed by atoms with Gasteiger partial charge in [0.05, 0.1) is 5.52 Å². The van der Waals surface area contributed by atoms with Crippen LogP contribution in [0.5, 0.6) is 0 Å². The zero-order valence-corrected chi connectivity index (χ0v) is 8.38. The number of hydrogen-bond donors (Lipinski definition) is 1. The minimum Gasteiger partial charge on any atom is -0.256 e. The average molecular weight is 189 g/mol. The Morgan fingerprint density at radius 1 is 1.31 bits per heavy atom. The molecule has 0 amide bonds. The third-order valence-electron chi connectivity index (χ3n) is 2.31. The van der Waals surface area contributed by atoms with Crippen LogP contribution in [0.15, 0.2) is 30.5 Å². The van der Waals surface area contributed by atoms with E-state index in [9.17, 15) is 0 Å². The maximum atomic E-state index is 4.36. The molecule has 1 aromatic carbocycles. The first-order valence-electron chi connectivity index (χ1n) is 4.27. The number of benzene rings is 1. The molecule has 1 nitrogen and oxygen atoms in total. The van der Waals surface area contributed by atoms with Crippen molar-refractivity contribution in [3.63, 3.8) is 0 Å². The summed E-state index contributed by atoms with van der Waals surface area (Å²) in [4.78, 5) is 4.36. The van der Waals surface area contributed by atoms with E-state index in [1.165, 1.54) is 16.5 Å². The fourth-order valence-corrected chi connectivity index (χ4v) is 1.85. The molecule has 0 unspecified atom stereocenters. The van der Waals surface area contributed by atoms with Crippen molar-refractivity contribution in [1.29, 1.82) is 0 Å². The van der Waals surface area contributed by atoms with Gasteiger partial charge in [-0.1, -0.05) is 18.2 Å². The van der Waals surface area contributed by atoms with Gasteiger partial charge in [0.25, 0.3) is 0 Å². The first-order chi connectivity index (χ1) is 6.33. The summed E-state index contributed by atoms with van der Waals surface area (Å²) in [5.41, 5.74) is 3.59. The zero-order chi connectivity index (χ0) is 9.26. The van der Waals surface area contributed by atoms with Crippen molar-refractivity contribution in [2.75, 3.05) is 0 Å². The lowest BCUT2D eigenvalue weighted by Gasteiger charge is -2.05. The molecular weight excluding hydrogens is 178 g/mol. The van der Waals surface area contributed by atoms with E-state index in [1.54, 1.807) is 0 Å². The molecule has 0 aliphatic carbocycles. The van der Waals surface area contributed by atoms with Gasteiger partial charge in [-0.25, -0.2) is 0 Å². The molecule has 0 aliphatic heterocycles. The van der Waals surface area contributed by atoms with Crippen LogP contribution in [0.3, 0.4) is 0 Å². The van der Waals surface area contributed by atoms with Crippen molar-refractivity contribution in [3.8, 4) is 0 Å². The third-order valence-corrected chi connectivity index (χ3v) is 2.65. The van der Waals surface area contributed by atoms with Gasteiger partial charge in [-0.2, -0.15) is 12.6 Å². The van der Waals surface area contributed by atoms with Crippen molar-refractivity contribution < 1.29 is 0 Å². The van der Waals surface area contributed by atoms with Crippen LogP contribution in [0.4, 0.5) is 0 Å². The van der Waals surface area contributed by atoms with Crippen molar-refractivity contribution in [2.45, 2.75) is 12.7 Å². The molecule has 13 heavy (non-hydrogen) atoms. The Morgan fingerprint density at radius 2 is 2.15 bits per heavy atom. The summed E-state index contributed by atoms with van der Waals surface area (Å²) in [6.07, 6.45) is 1.83. The summed E-state index contributed by atoms with van der Waals surface area (Å²) < 4.78 is 0. The minimum atomic E-state index is 0.776. The molecule has 0 radical (unpaired) electrons. The van der Waals surface area contributed by atoms with Gasteiger partial charge in [0.1, 0.15) is 0 Å². The summed E-state index contributed by atoms with van der Waals surface area (Å²) in [6, 6.07) is 8.26. The third kappa shape index (κ3) is 1.42. The zero-order valence-electron chi connectivity index (χ0n) is 7.49. The molecule has 2 heteroatoms. The Balaban J connectivity index is 2.79. The van der Waals surface area contributed by atoms with Crippen molar-refractivity contribution in [2.24, 2.45) is 0 Å². The Kier molecular flexibility index (Phi) is 2.23. The van der Waals surface area contributed by atoms with Crippen LogP contribution in [-0.2, 0) is 5.75 Å². The highest BCUT2D eigenvalue weighted by atomic mass is 32.1. The molecule has 1 aromatic heterocycles. The summed E-state index contributed by atoms with van der Waals surface area (Å²) >= 11 is 4.28. The molecule has 0 aliphatic rings.